The summed E-state index contributed by atoms with van der Waals surface area (Å²) in [7, 11) is 0. The summed E-state index contributed by atoms with van der Waals surface area (Å²) >= 11 is 5.86. The Balaban J connectivity index is 1.21. The average molecular weight is 393 g/mol. The first-order valence-corrected chi connectivity index (χ1v) is 10.5. The maximum atomic E-state index is 12.3. The van der Waals surface area contributed by atoms with Gasteiger partial charge in [-0.05, 0) is 62.7 Å². The molecule has 0 aromatic carbocycles. The van der Waals surface area contributed by atoms with Crippen molar-refractivity contribution in [2.45, 2.75) is 31.8 Å². The van der Waals surface area contributed by atoms with E-state index >= 15 is 0 Å². The van der Waals surface area contributed by atoms with E-state index < -0.39 is 0 Å². The van der Waals surface area contributed by atoms with E-state index in [0.717, 1.165) is 18.3 Å². The van der Waals surface area contributed by atoms with Crippen LogP contribution in [0.4, 0.5) is 5.82 Å². The van der Waals surface area contributed by atoms with Gasteiger partial charge in [0.1, 0.15) is 12.4 Å². The summed E-state index contributed by atoms with van der Waals surface area (Å²) < 4.78 is 5.71. The van der Waals surface area contributed by atoms with Gasteiger partial charge in [-0.3, -0.25) is 4.79 Å². The molecule has 3 fully saturated rings. The summed E-state index contributed by atoms with van der Waals surface area (Å²) in [6.07, 6.45) is 6.86. The van der Waals surface area contributed by atoms with Crippen molar-refractivity contribution in [1.29, 1.82) is 0 Å². The van der Waals surface area contributed by atoms with Crippen LogP contribution in [-0.4, -0.2) is 72.7 Å². The first-order chi connectivity index (χ1) is 13.2. The largest absolute Gasteiger partial charge is 0.367 e. The number of morpholine rings is 1. The number of anilines is 1. The number of amides is 1. The van der Waals surface area contributed by atoms with E-state index in [1.807, 2.05) is 17.0 Å². The number of piperidine rings is 1. The second kappa shape index (κ2) is 8.76. The molecule has 1 saturated carbocycles. The van der Waals surface area contributed by atoms with Gasteiger partial charge in [-0.15, -0.1) is 0 Å². The summed E-state index contributed by atoms with van der Waals surface area (Å²) in [4.78, 5) is 21.1. The Morgan fingerprint density at radius 1 is 1.15 bits per heavy atom. The summed E-state index contributed by atoms with van der Waals surface area (Å²) in [5.41, 5.74) is 0. The zero-order valence-corrected chi connectivity index (χ0v) is 16.5. The van der Waals surface area contributed by atoms with Crippen LogP contribution in [0.3, 0.4) is 0 Å². The summed E-state index contributed by atoms with van der Waals surface area (Å²) in [5.74, 6) is 2.48. The van der Waals surface area contributed by atoms with Crippen LogP contribution >= 0.6 is 11.6 Å². The highest BCUT2D eigenvalue weighted by atomic mass is 35.5. The van der Waals surface area contributed by atoms with Gasteiger partial charge < -0.3 is 19.9 Å². The predicted octanol–water partition coefficient (Wildman–Crippen LogP) is 2.50. The van der Waals surface area contributed by atoms with E-state index in [4.69, 9.17) is 16.3 Å². The Morgan fingerprint density at radius 3 is 2.63 bits per heavy atom. The van der Waals surface area contributed by atoms with Crippen molar-refractivity contribution in [2.75, 3.05) is 51.2 Å². The van der Waals surface area contributed by atoms with Crippen LogP contribution < -0.4 is 5.32 Å². The van der Waals surface area contributed by atoms with Crippen molar-refractivity contribution in [3.05, 3.63) is 23.4 Å². The fourth-order valence-electron chi connectivity index (χ4n) is 4.01. The first kappa shape index (κ1) is 19.0. The topological polar surface area (TPSA) is 57.7 Å². The number of halogens is 1. The van der Waals surface area contributed by atoms with Gasteiger partial charge in [-0.25, -0.2) is 4.98 Å². The van der Waals surface area contributed by atoms with Crippen molar-refractivity contribution < 1.29 is 9.53 Å². The Labute approximate surface area is 166 Å². The zero-order valence-electron chi connectivity index (χ0n) is 15.8. The molecular weight excluding hydrogens is 364 g/mol. The number of hydrogen-bond donors (Lipinski definition) is 1. The average Bonchev–Trinajstić information content (AvgIpc) is 3.49. The van der Waals surface area contributed by atoms with Crippen LogP contribution in [0, 0.1) is 11.8 Å². The third kappa shape index (κ3) is 5.56. The minimum absolute atomic E-state index is 0.00451. The predicted molar refractivity (Wildman–Crippen MR) is 106 cm³/mol. The Bertz CT molecular complexity index is 629. The smallest absolute Gasteiger partial charge is 0.248 e. The second-order valence-corrected chi connectivity index (χ2v) is 8.60. The molecule has 6 nitrogen and oxygen atoms in total. The highest BCUT2D eigenvalue weighted by Crippen LogP contribution is 2.31. The molecule has 0 radical (unpaired) electrons. The van der Waals surface area contributed by atoms with Crippen LogP contribution in [0.5, 0.6) is 0 Å². The minimum atomic E-state index is -0.00451. The van der Waals surface area contributed by atoms with Crippen molar-refractivity contribution in [2.24, 2.45) is 11.8 Å². The maximum absolute atomic E-state index is 12.3. The molecule has 1 N–H and O–H groups in total. The molecule has 2 saturated heterocycles. The maximum Gasteiger partial charge on any atom is 0.248 e. The second-order valence-electron chi connectivity index (χ2n) is 8.16. The van der Waals surface area contributed by atoms with Crippen LogP contribution in [-0.2, 0) is 9.53 Å². The number of aromatic nitrogens is 1. The third-order valence-corrected chi connectivity index (χ3v) is 6.08. The summed E-state index contributed by atoms with van der Waals surface area (Å²) in [5, 5.41) is 3.89. The lowest BCUT2D eigenvalue weighted by Gasteiger charge is -2.38. The lowest BCUT2D eigenvalue weighted by molar-refractivity contribution is -0.149. The van der Waals surface area contributed by atoms with E-state index in [2.05, 4.69) is 15.2 Å². The van der Waals surface area contributed by atoms with Crippen LogP contribution in [0.25, 0.3) is 0 Å². The highest BCUT2D eigenvalue weighted by molar-refractivity contribution is 6.30. The van der Waals surface area contributed by atoms with Crippen LogP contribution in [0.15, 0.2) is 18.3 Å². The Morgan fingerprint density at radius 2 is 1.93 bits per heavy atom. The van der Waals surface area contributed by atoms with Crippen molar-refractivity contribution in [3.63, 3.8) is 0 Å². The molecule has 1 atom stereocenters. The molecule has 1 aromatic rings. The van der Waals surface area contributed by atoms with Gasteiger partial charge in [-0.1, -0.05) is 11.6 Å². The van der Waals surface area contributed by atoms with Gasteiger partial charge in [0.15, 0.2) is 0 Å². The minimum Gasteiger partial charge on any atom is -0.367 e. The Kier molecular flexibility index (Phi) is 6.15. The van der Waals surface area contributed by atoms with Crippen molar-refractivity contribution in [3.8, 4) is 0 Å². The number of ether oxygens (including phenoxy) is 1. The zero-order chi connectivity index (χ0) is 18.6. The molecule has 2 aliphatic heterocycles. The van der Waals surface area contributed by atoms with E-state index in [0.29, 0.717) is 24.0 Å². The fourth-order valence-corrected chi connectivity index (χ4v) is 4.12. The van der Waals surface area contributed by atoms with Gasteiger partial charge in [0.25, 0.3) is 0 Å². The number of hydrogen-bond acceptors (Lipinski definition) is 5. The van der Waals surface area contributed by atoms with Gasteiger partial charge >= 0.3 is 0 Å². The molecule has 7 heteroatoms. The lowest BCUT2D eigenvalue weighted by atomic mass is 9.95. The third-order valence-electron chi connectivity index (χ3n) is 5.86. The fraction of sp³-hybridized carbons (Fsp3) is 0.700. The molecule has 1 aliphatic carbocycles. The SMILES string of the molecule is O=C1COC(CNc2ccc(Cl)cn2)CN1CC1CCN(CC2CC2)CC1. The van der Waals surface area contributed by atoms with E-state index in [1.54, 1.807) is 6.20 Å². The number of carbonyl (C=O) groups is 1. The number of carbonyl (C=O) groups excluding carboxylic acids is 1. The monoisotopic (exact) mass is 392 g/mol. The number of rotatable bonds is 7. The van der Waals surface area contributed by atoms with Crippen molar-refractivity contribution in [1.82, 2.24) is 14.8 Å². The molecule has 1 unspecified atom stereocenters. The van der Waals surface area contributed by atoms with E-state index in [-0.39, 0.29) is 18.6 Å². The number of likely N-dealkylation sites (tertiary alicyclic amines) is 1. The van der Waals surface area contributed by atoms with Crippen molar-refractivity contribution >= 4 is 23.3 Å². The molecule has 148 valence electrons. The number of nitrogens with zero attached hydrogens (tertiary/aromatic N) is 3. The normalized spacial score (nSPS) is 25.0. The standard InChI is InChI=1S/C20H29ClN4O2/c21-17-3-4-19(22-9-17)23-10-18-13-25(20(26)14-27-18)12-16-5-7-24(8-6-16)11-15-1-2-15/h3-4,9,15-16,18H,1-2,5-8,10-14H2,(H,22,23). The van der Waals surface area contributed by atoms with Crippen LogP contribution in [0.1, 0.15) is 25.7 Å². The highest BCUT2D eigenvalue weighted by Gasteiger charge is 2.31. The van der Waals surface area contributed by atoms with E-state index in [1.165, 1.54) is 45.3 Å². The number of nitrogens with one attached hydrogen (secondary N) is 1. The Hall–Kier alpha value is -1.37. The molecule has 1 aromatic heterocycles. The van der Waals surface area contributed by atoms with Gasteiger partial charge in [0.2, 0.25) is 5.91 Å². The lowest BCUT2D eigenvalue weighted by Crippen LogP contribution is -2.51. The van der Waals surface area contributed by atoms with Gasteiger partial charge in [0.05, 0.1) is 11.1 Å². The molecule has 3 heterocycles. The van der Waals surface area contributed by atoms with Gasteiger partial charge in [-0.2, -0.15) is 0 Å². The molecule has 4 rings (SSSR count). The quantitative estimate of drug-likeness (QED) is 0.772. The van der Waals surface area contributed by atoms with Gasteiger partial charge in [0, 0.05) is 32.4 Å². The molecule has 3 aliphatic rings. The summed E-state index contributed by atoms with van der Waals surface area (Å²) in [6, 6.07) is 3.66. The summed E-state index contributed by atoms with van der Waals surface area (Å²) in [6.45, 7) is 6.01. The molecule has 0 spiro atoms. The molecule has 27 heavy (non-hydrogen) atoms. The molecular formula is C20H29ClN4O2. The van der Waals surface area contributed by atoms with E-state index in [9.17, 15) is 4.79 Å². The molecule has 1 amide bonds. The molecule has 0 bridgehead atoms. The van der Waals surface area contributed by atoms with Crippen LogP contribution in [0.2, 0.25) is 5.02 Å². The first-order valence-electron chi connectivity index (χ1n) is 10.1. The number of pyridine rings is 1.